The fraction of sp³-hybridized carbons (Fsp3) is 0.543. The predicted molar refractivity (Wildman–Crippen MR) is 165 cm³/mol. The number of nitrogens with zero attached hydrogens (tertiary/aromatic N) is 1. The normalized spacial score (nSPS) is 28.6. The molecule has 4 N–H and O–H groups in total. The van der Waals surface area contributed by atoms with Crippen molar-refractivity contribution in [1.82, 2.24) is 10.2 Å². The van der Waals surface area contributed by atoms with Gasteiger partial charge in [-0.15, -0.1) is 0 Å². The average Bonchev–Trinajstić information content (AvgIpc) is 3.45. The van der Waals surface area contributed by atoms with Crippen LogP contribution in [-0.2, 0) is 17.6 Å². The fourth-order valence-electron chi connectivity index (χ4n) is 8.36. The van der Waals surface area contributed by atoms with Crippen molar-refractivity contribution < 1.29 is 47.6 Å². The number of hydrogen-bond acceptors (Lipinski definition) is 7. The Labute approximate surface area is 271 Å². The highest BCUT2D eigenvalue weighted by Crippen LogP contribution is 2.61. The molecular formula is C35H41F3N2O7. The molecule has 254 valence electrons. The summed E-state index contributed by atoms with van der Waals surface area (Å²) in [5, 5.41) is 34.1. The van der Waals surface area contributed by atoms with Crippen molar-refractivity contribution in [3.05, 3.63) is 70.3 Å². The molecule has 3 saturated carbocycles. The number of carbonyl (C=O) groups excluding carboxylic acids is 2. The number of amides is 2. The van der Waals surface area contributed by atoms with Gasteiger partial charge in [0.25, 0.3) is 5.91 Å². The predicted octanol–water partition coefficient (Wildman–Crippen LogP) is 4.04. The summed E-state index contributed by atoms with van der Waals surface area (Å²) in [6.07, 6.45) is -2.52. The molecule has 1 heterocycles. The number of ether oxygens (including phenoxy) is 2. The summed E-state index contributed by atoms with van der Waals surface area (Å²) in [6.45, 7) is 4.02. The highest BCUT2D eigenvalue weighted by atomic mass is 19.4. The molecule has 7 unspecified atom stereocenters. The van der Waals surface area contributed by atoms with Gasteiger partial charge in [0.1, 0.15) is 12.2 Å². The summed E-state index contributed by atoms with van der Waals surface area (Å²) in [4.78, 5) is 29.5. The minimum absolute atomic E-state index is 0.0263. The number of carbonyl (C=O) groups is 2. The molecule has 2 aromatic rings. The highest BCUT2D eigenvalue weighted by Gasteiger charge is 2.56. The molecule has 7 rings (SSSR count). The molecular weight excluding hydrogens is 617 g/mol. The van der Waals surface area contributed by atoms with E-state index in [9.17, 15) is 38.1 Å². The van der Waals surface area contributed by atoms with Gasteiger partial charge in [-0.2, -0.15) is 13.2 Å². The summed E-state index contributed by atoms with van der Waals surface area (Å²) in [7, 11) is 1.44. The molecule has 1 aliphatic heterocycles. The van der Waals surface area contributed by atoms with Gasteiger partial charge in [0.05, 0.1) is 37.8 Å². The molecule has 2 aromatic carbocycles. The molecule has 0 spiro atoms. The Morgan fingerprint density at radius 3 is 2.45 bits per heavy atom. The minimum atomic E-state index is -4.57. The summed E-state index contributed by atoms with van der Waals surface area (Å²) in [6, 6.07) is 6.23. The molecule has 0 saturated heterocycles. The zero-order chi connectivity index (χ0) is 33.8. The maximum Gasteiger partial charge on any atom is 0.416 e. The van der Waals surface area contributed by atoms with Crippen LogP contribution in [0.1, 0.15) is 66.1 Å². The Morgan fingerprint density at radius 1 is 1.13 bits per heavy atom. The summed E-state index contributed by atoms with van der Waals surface area (Å²) >= 11 is 0. The van der Waals surface area contributed by atoms with E-state index in [1.54, 1.807) is 18.2 Å². The van der Waals surface area contributed by atoms with Gasteiger partial charge < -0.3 is 35.0 Å². The number of hydrogen-bond donors (Lipinski definition) is 4. The van der Waals surface area contributed by atoms with Crippen LogP contribution in [0.4, 0.5) is 13.2 Å². The number of halogens is 3. The summed E-state index contributed by atoms with van der Waals surface area (Å²) < 4.78 is 51.9. The average molecular weight is 659 g/mol. The lowest BCUT2D eigenvalue weighted by Crippen LogP contribution is -2.59. The second kappa shape index (κ2) is 12.4. The Hall–Kier alpha value is -3.61. The first-order valence-electron chi connectivity index (χ1n) is 16.1. The van der Waals surface area contributed by atoms with Crippen molar-refractivity contribution in [3.63, 3.8) is 0 Å². The number of benzene rings is 2. The SMILES string of the molecule is COc1cc(CO)cc2c1OC1C2C(C(=O)NCCO)=CC(N(CC2CCC3CC2C3(C)C)C(=O)c2ccc(C(F)(F)F)cc2)C1O. The van der Waals surface area contributed by atoms with E-state index < -0.39 is 47.7 Å². The second-order valence-corrected chi connectivity index (χ2v) is 13.7. The molecule has 5 aliphatic rings. The first-order valence-corrected chi connectivity index (χ1v) is 16.1. The molecule has 9 nitrogen and oxygen atoms in total. The van der Waals surface area contributed by atoms with Gasteiger partial charge in [-0.3, -0.25) is 9.59 Å². The largest absolute Gasteiger partial charge is 0.493 e. The van der Waals surface area contributed by atoms with Crippen LogP contribution in [0, 0.1) is 23.2 Å². The third-order valence-corrected chi connectivity index (χ3v) is 11.0. The fourth-order valence-corrected chi connectivity index (χ4v) is 8.36. The second-order valence-electron chi connectivity index (χ2n) is 13.7. The standard InChI is InChI=1S/C35H41F3N2O7/c1-34(2)22-9-6-20(25(34)14-22)16-40(33(45)19-4-7-21(8-5-19)35(36,37)38)26-15-24(32(44)39-10-11-41)28-23-12-18(17-42)13-27(46-3)30(23)47-31(28)29(26)43/h4-5,7-8,12-13,15,20,22,25-26,28-29,31,41-43H,6,9-11,14,16-17H2,1-3H3,(H,39,44). The molecule has 2 bridgehead atoms. The molecule has 3 fully saturated rings. The van der Waals surface area contributed by atoms with E-state index in [-0.39, 0.29) is 48.8 Å². The van der Waals surface area contributed by atoms with E-state index in [1.807, 2.05) is 0 Å². The van der Waals surface area contributed by atoms with Gasteiger partial charge in [0, 0.05) is 29.8 Å². The number of aliphatic hydroxyl groups is 3. The molecule has 0 radical (unpaired) electrons. The van der Waals surface area contributed by atoms with Crippen molar-refractivity contribution >= 4 is 11.8 Å². The molecule has 7 atom stereocenters. The van der Waals surface area contributed by atoms with Crippen LogP contribution in [-0.4, -0.2) is 77.1 Å². The number of rotatable bonds is 9. The highest BCUT2D eigenvalue weighted by molar-refractivity contribution is 5.97. The van der Waals surface area contributed by atoms with Crippen LogP contribution in [0.3, 0.4) is 0 Å². The topological polar surface area (TPSA) is 129 Å². The molecule has 12 heteroatoms. The minimum Gasteiger partial charge on any atom is -0.493 e. The van der Waals surface area contributed by atoms with Crippen LogP contribution >= 0.6 is 0 Å². The number of fused-ring (bicyclic) bond motifs is 5. The third kappa shape index (κ3) is 5.78. The van der Waals surface area contributed by atoms with Crippen LogP contribution in [0.15, 0.2) is 48.0 Å². The molecule has 0 aromatic heterocycles. The number of nitrogens with one attached hydrogen (secondary N) is 1. The van der Waals surface area contributed by atoms with E-state index in [0.29, 0.717) is 34.5 Å². The lowest BCUT2D eigenvalue weighted by molar-refractivity contribution is -0.137. The van der Waals surface area contributed by atoms with Crippen molar-refractivity contribution in [3.8, 4) is 11.5 Å². The lowest BCUT2D eigenvalue weighted by atomic mass is 9.45. The smallest absolute Gasteiger partial charge is 0.416 e. The van der Waals surface area contributed by atoms with Crippen LogP contribution in [0.2, 0.25) is 0 Å². The van der Waals surface area contributed by atoms with Crippen LogP contribution in [0.25, 0.3) is 0 Å². The Bertz CT molecular complexity index is 1560. The van der Waals surface area contributed by atoms with Gasteiger partial charge >= 0.3 is 6.18 Å². The van der Waals surface area contributed by atoms with E-state index in [0.717, 1.165) is 43.5 Å². The monoisotopic (exact) mass is 658 g/mol. The van der Waals surface area contributed by atoms with E-state index >= 15 is 0 Å². The van der Waals surface area contributed by atoms with Gasteiger partial charge in [-0.1, -0.05) is 13.8 Å². The third-order valence-electron chi connectivity index (χ3n) is 11.0. The number of alkyl halides is 3. The van der Waals surface area contributed by atoms with Crippen LogP contribution in [0.5, 0.6) is 11.5 Å². The number of aliphatic hydroxyl groups excluding tert-OH is 3. The zero-order valence-electron chi connectivity index (χ0n) is 26.6. The van der Waals surface area contributed by atoms with Gasteiger partial charge in [0.2, 0.25) is 5.91 Å². The Kier molecular flexibility index (Phi) is 8.82. The van der Waals surface area contributed by atoms with E-state index in [4.69, 9.17) is 9.47 Å². The van der Waals surface area contributed by atoms with Gasteiger partial charge in [-0.05, 0) is 90.5 Å². The lowest BCUT2D eigenvalue weighted by Gasteiger charge is -2.61. The maximum absolute atomic E-state index is 14.3. The Morgan fingerprint density at radius 2 is 1.85 bits per heavy atom. The van der Waals surface area contributed by atoms with Crippen molar-refractivity contribution in [2.24, 2.45) is 23.2 Å². The summed E-state index contributed by atoms with van der Waals surface area (Å²) in [5.74, 6) is -0.291. The molecule has 2 amide bonds. The van der Waals surface area contributed by atoms with Gasteiger partial charge in [-0.25, -0.2) is 0 Å². The zero-order valence-corrected chi connectivity index (χ0v) is 26.6. The van der Waals surface area contributed by atoms with Gasteiger partial charge in [0.15, 0.2) is 11.5 Å². The Balaban J connectivity index is 1.43. The first kappa shape index (κ1) is 33.3. The maximum atomic E-state index is 14.3. The van der Waals surface area contributed by atoms with Crippen molar-refractivity contribution in [2.75, 3.05) is 26.8 Å². The van der Waals surface area contributed by atoms with Crippen molar-refractivity contribution in [1.29, 1.82) is 0 Å². The first-order chi connectivity index (χ1) is 22.3. The van der Waals surface area contributed by atoms with Crippen LogP contribution < -0.4 is 14.8 Å². The quantitative estimate of drug-likeness (QED) is 0.320. The number of methoxy groups -OCH3 is 1. The molecule has 47 heavy (non-hydrogen) atoms. The summed E-state index contributed by atoms with van der Waals surface area (Å²) in [5.41, 5.74) is 0.452. The van der Waals surface area contributed by atoms with E-state index in [2.05, 4.69) is 19.2 Å². The van der Waals surface area contributed by atoms with E-state index in [1.165, 1.54) is 12.0 Å². The van der Waals surface area contributed by atoms with Crippen molar-refractivity contribution in [2.45, 2.75) is 70.1 Å². The molecule has 4 aliphatic carbocycles.